The van der Waals surface area contributed by atoms with Gasteiger partial charge in [-0.25, -0.2) is 0 Å². The van der Waals surface area contributed by atoms with E-state index in [9.17, 15) is 0 Å². The van der Waals surface area contributed by atoms with E-state index in [1.807, 2.05) is 30.8 Å². The monoisotopic (exact) mass is 279 g/mol. The molecule has 0 saturated carbocycles. The van der Waals surface area contributed by atoms with E-state index in [1.165, 1.54) is 0 Å². The van der Waals surface area contributed by atoms with Gasteiger partial charge in [-0.15, -0.1) is 0 Å². The van der Waals surface area contributed by atoms with Gasteiger partial charge in [-0.3, -0.25) is 4.68 Å². The third-order valence-electron chi connectivity index (χ3n) is 3.11. The van der Waals surface area contributed by atoms with Gasteiger partial charge in [0.15, 0.2) is 0 Å². The van der Waals surface area contributed by atoms with Gasteiger partial charge in [-0.1, -0.05) is 11.6 Å². The fourth-order valence-electron chi connectivity index (χ4n) is 2.14. The molecule has 1 heterocycles. The number of aryl methyl sites for hydroxylation is 2. The molecular weight excluding hydrogens is 262 g/mol. The highest BCUT2D eigenvalue weighted by atomic mass is 35.5. The highest BCUT2D eigenvalue weighted by Crippen LogP contribution is 2.33. The maximum Gasteiger partial charge on any atom is 0.137 e. The largest absolute Gasteiger partial charge is 0.495 e. The van der Waals surface area contributed by atoms with E-state index in [4.69, 9.17) is 22.1 Å². The summed E-state index contributed by atoms with van der Waals surface area (Å²) < 4.78 is 7.08. The third-order valence-corrected chi connectivity index (χ3v) is 3.40. The number of hydrogen-bond donors (Lipinski definition) is 1. The summed E-state index contributed by atoms with van der Waals surface area (Å²) >= 11 is 6.20. The highest BCUT2D eigenvalue weighted by molar-refractivity contribution is 6.32. The highest BCUT2D eigenvalue weighted by Gasteiger charge is 2.12. The molecule has 19 heavy (non-hydrogen) atoms. The van der Waals surface area contributed by atoms with Crippen molar-refractivity contribution in [1.82, 2.24) is 9.78 Å². The summed E-state index contributed by atoms with van der Waals surface area (Å²) in [5, 5.41) is 5.05. The number of nitrogens with two attached hydrogens (primary N) is 1. The second-order valence-corrected chi connectivity index (χ2v) is 4.89. The van der Waals surface area contributed by atoms with E-state index in [0.717, 1.165) is 28.9 Å². The zero-order chi connectivity index (χ0) is 14.0. The number of aromatic nitrogens is 2. The van der Waals surface area contributed by atoms with Gasteiger partial charge in [0.2, 0.25) is 0 Å². The first-order valence-electron chi connectivity index (χ1n) is 6.14. The van der Waals surface area contributed by atoms with Gasteiger partial charge in [-0.2, -0.15) is 5.10 Å². The molecule has 1 aromatic heterocycles. The van der Waals surface area contributed by atoms with Gasteiger partial charge in [-0.05, 0) is 37.2 Å². The Morgan fingerprint density at radius 1 is 1.37 bits per heavy atom. The first kappa shape index (κ1) is 13.9. The van der Waals surface area contributed by atoms with Crippen LogP contribution in [-0.2, 0) is 13.5 Å². The van der Waals surface area contributed by atoms with Crippen LogP contribution in [0.2, 0.25) is 5.02 Å². The van der Waals surface area contributed by atoms with Crippen LogP contribution in [0.4, 0.5) is 0 Å². The Bertz CT molecular complexity index is 593. The third kappa shape index (κ3) is 2.74. The molecule has 0 aliphatic carbocycles. The molecule has 0 atom stereocenters. The summed E-state index contributed by atoms with van der Waals surface area (Å²) in [6, 6.07) is 5.91. The molecule has 0 fully saturated rings. The van der Waals surface area contributed by atoms with Gasteiger partial charge >= 0.3 is 0 Å². The number of benzene rings is 1. The molecule has 2 N–H and O–H groups in total. The van der Waals surface area contributed by atoms with Crippen molar-refractivity contribution in [3.05, 3.63) is 34.5 Å². The van der Waals surface area contributed by atoms with Crippen molar-refractivity contribution in [3.63, 3.8) is 0 Å². The Hall–Kier alpha value is -1.52. The molecule has 0 amide bonds. The lowest BCUT2D eigenvalue weighted by atomic mass is 10.0. The van der Waals surface area contributed by atoms with E-state index in [-0.39, 0.29) is 0 Å². The van der Waals surface area contributed by atoms with Crippen LogP contribution in [0.5, 0.6) is 5.75 Å². The van der Waals surface area contributed by atoms with Crippen molar-refractivity contribution < 1.29 is 4.74 Å². The molecule has 0 saturated heterocycles. The minimum atomic E-state index is 0.596. The number of rotatable bonds is 4. The predicted molar refractivity (Wildman–Crippen MR) is 77.7 cm³/mol. The molecule has 0 aliphatic heterocycles. The summed E-state index contributed by atoms with van der Waals surface area (Å²) in [6.07, 6.45) is 0.775. The van der Waals surface area contributed by atoms with E-state index in [0.29, 0.717) is 17.3 Å². The van der Waals surface area contributed by atoms with Crippen LogP contribution in [0.3, 0.4) is 0 Å². The van der Waals surface area contributed by atoms with Crippen molar-refractivity contribution in [1.29, 1.82) is 0 Å². The summed E-state index contributed by atoms with van der Waals surface area (Å²) in [6.45, 7) is 2.63. The molecule has 2 rings (SSSR count). The normalized spacial score (nSPS) is 10.8. The van der Waals surface area contributed by atoms with Crippen molar-refractivity contribution in [2.24, 2.45) is 12.8 Å². The van der Waals surface area contributed by atoms with Crippen LogP contribution in [0.1, 0.15) is 11.3 Å². The number of nitrogens with zero attached hydrogens (tertiary/aromatic N) is 2. The maximum absolute atomic E-state index is 6.20. The molecule has 0 aliphatic rings. The quantitative estimate of drug-likeness (QED) is 0.936. The molecule has 102 valence electrons. The minimum Gasteiger partial charge on any atom is -0.495 e. The molecule has 0 bridgehead atoms. The number of ether oxygens (including phenoxy) is 1. The summed E-state index contributed by atoms with van der Waals surface area (Å²) in [5.41, 5.74) is 9.75. The fourth-order valence-corrected chi connectivity index (χ4v) is 2.38. The van der Waals surface area contributed by atoms with Gasteiger partial charge in [0.25, 0.3) is 0 Å². The van der Waals surface area contributed by atoms with Crippen LogP contribution >= 0.6 is 11.6 Å². The molecular formula is C14H18ClN3O. The van der Waals surface area contributed by atoms with E-state index in [2.05, 4.69) is 11.2 Å². The van der Waals surface area contributed by atoms with Crippen molar-refractivity contribution in [2.45, 2.75) is 13.3 Å². The van der Waals surface area contributed by atoms with Gasteiger partial charge in [0.1, 0.15) is 5.75 Å². The lowest BCUT2D eigenvalue weighted by Gasteiger charge is -2.10. The molecule has 1 aromatic carbocycles. The van der Waals surface area contributed by atoms with Crippen molar-refractivity contribution in [3.8, 4) is 17.0 Å². The smallest absolute Gasteiger partial charge is 0.137 e. The average molecular weight is 280 g/mol. The molecule has 0 spiro atoms. The predicted octanol–water partition coefficient (Wildman–Crippen LogP) is 2.56. The van der Waals surface area contributed by atoms with Crippen LogP contribution in [0.25, 0.3) is 11.3 Å². The topological polar surface area (TPSA) is 53.1 Å². The number of methoxy groups -OCH3 is 1. The summed E-state index contributed by atoms with van der Waals surface area (Å²) in [4.78, 5) is 0. The number of halogens is 1. The summed E-state index contributed by atoms with van der Waals surface area (Å²) in [7, 11) is 3.54. The lowest BCUT2D eigenvalue weighted by molar-refractivity contribution is 0.415. The summed E-state index contributed by atoms with van der Waals surface area (Å²) in [5.74, 6) is 0.687. The first-order chi connectivity index (χ1) is 9.06. The van der Waals surface area contributed by atoms with Crippen molar-refractivity contribution >= 4 is 11.6 Å². The van der Waals surface area contributed by atoms with Crippen LogP contribution in [-0.4, -0.2) is 23.4 Å². The lowest BCUT2D eigenvalue weighted by Crippen LogP contribution is -2.03. The zero-order valence-corrected chi connectivity index (χ0v) is 12.2. The molecule has 4 nitrogen and oxygen atoms in total. The molecule has 5 heteroatoms. The van der Waals surface area contributed by atoms with Crippen LogP contribution in [0, 0.1) is 6.92 Å². The zero-order valence-electron chi connectivity index (χ0n) is 11.4. The molecule has 2 aromatic rings. The van der Waals surface area contributed by atoms with Gasteiger partial charge < -0.3 is 10.5 Å². The van der Waals surface area contributed by atoms with Crippen LogP contribution < -0.4 is 10.5 Å². The Morgan fingerprint density at radius 2 is 2.11 bits per heavy atom. The van der Waals surface area contributed by atoms with E-state index < -0.39 is 0 Å². The van der Waals surface area contributed by atoms with E-state index in [1.54, 1.807) is 7.11 Å². The Kier molecular flexibility index (Phi) is 4.12. The molecule has 0 unspecified atom stereocenters. The second-order valence-electron chi connectivity index (χ2n) is 4.48. The second kappa shape index (κ2) is 5.63. The maximum atomic E-state index is 6.20. The first-order valence-corrected chi connectivity index (χ1v) is 6.52. The Balaban J connectivity index is 2.49. The average Bonchev–Trinajstić information content (AvgIpc) is 2.73. The fraction of sp³-hybridized carbons (Fsp3) is 0.357. The van der Waals surface area contributed by atoms with Gasteiger partial charge in [0.05, 0.1) is 23.5 Å². The Labute approximate surface area is 118 Å². The Morgan fingerprint density at radius 3 is 2.74 bits per heavy atom. The van der Waals surface area contributed by atoms with E-state index >= 15 is 0 Å². The van der Waals surface area contributed by atoms with Gasteiger partial charge in [0, 0.05) is 19.0 Å². The SMILES string of the molecule is COc1cc(C)c(-c2cc(CCN)nn2C)cc1Cl. The molecule has 0 radical (unpaired) electrons. The van der Waals surface area contributed by atoms with Crippen molar-refractivity contribution in [2.75, 3.05) is 13.7 Å². The standard InChI is InChI=1S/C14H18ClN3O/c1-9-6-14(19-3)12(15)8-11(9)13-7-10(4-5-16)17-18(13)2/h6-8H,4-5,16H2,1-3H3. The van der Waals surface area contributed by atoms with Crippen LogP contribution in [0.15, 0.2) is 18.2 Å². The number of hydrogen-bond acceptors (Lipinski definition) is 3. The minimum absolute atomic E-state index is 0.596.